The molecule has 0 aromatic rings. The van der Waals surface area contributed by atoms with Gasteiger partial charge in [0.25, 0.3) is 0 Å². The Balaban J connectivity index is 2.51. The minimum absolute atomic E-state index is 0.259. The van der Waals surface area contributed by atoms with Crippen LogP contribution in [0.2, 0.25) is 0 Å². The van der Waals surface area contributed by atoms with Gasteiger partial charge in [-0.2, -0.15) is 0 Å². The summed E-state index contributed by atoms with van der Waals surface area (Å²) in [4.78, 5) is 38.0. The zero-order valence-electron chi connectivity index (χ0n) is 12.8. The van der Waals surface area contributed by atoms with Crippen molar-refractivity contribution in [1.29, 1.82) is 0 Å². The van der Waals surface area contributed by atoms with Crippen molar-refractivity contribution in [2.45, 2.75) is 53.5 Å². The van der Waals surface area contributed by atoms with E-state index in [0.29, 0.717) is 12.8 Å². The predicted octanol–water partition coefficient (Wildman–Crippen LogP) is 1.91. The molecule has 0 spiro atoms. The summed E-state index contributed by atoms with van der Waals surface area (Å²) in [6.07, 6.45) is 1.31. The number of imide groups is 1. The molecular formula is C15H23NO4. The van der Waals surface area contributed by atoms with Gasteiger partial charge < -0.3 is 5.11 Å². The Morgan fingerprint density at radius 2 is 1.85 bits per heavy atom. The van der Waals surface area contributed by atoms with Gasteiger partial charge in [0, 0.05) is 5.92 Å². The van der Waals surface area contributed by atoms with Gasteiger partial charge in [-0.25, -0.2) is 4.79 Å². The number of likely N-dealkylation sites (tertiary alicyclic amines) is 1. The first-order valence-corrected chi connectivity index (χ1v) is 7.16. The van der Waals surface area contributed by atoms with E-state index < -0.39 is 22.8 Å². The maximum absolute atomic E-state index is 12.8. The second-order valence-electron chi connectivity index (χ2n) is 7.19. The Hall–Kier alpha value is -1.39. The number of hydrogen-bond donors (Lipinski definition) is 1. The second kappa shape index (κ2) is 4.30. The van der Waals surface area contributed by atoms with Crippen molar-refractivity contribution in [1.82, 2.24) is 4.90 Å². The number of carbonyl (C=O) groups is 3. The van der Waals surface area contributed by atoms with Crippen molar-refractivity contribution < 1.29 is 19.5 Å². The van der Waals surface area contributed by atoms with E-state index in [-0.39, 0.29) is 23.7 Å². The number of carbonyl (C=O) groups excluding carboxylic acids is 2. The molecule has 2 fully saturated rings. The van der Waals surface area contributed by atoms with E-state index in [1.54, 1.807) is 13.8 Å². The van der Waals surface area contributed by atoms with Crippen molar-refractivity contribution in [2.75, 3.05) is 0 Å². The Bertz CT molecular complexity index is 482. The molecule has 2 aliphatic rings. The van der Waals surface area contributed by atoms with Crippen LogP contribution in [0.3, 0.4) is 0 Å². The summed E-state index contributed by atoms with van der Waals surface area (Å²) in [5.74, 6) is -2.29. The summed E-state index contributed by atoms with van der Waals surface area (Å²) in [5, 5.41) is 9.39. The molecule has 1 saturated carbocycles. The lowest BCUT2D eigenvalue weighted by atomic mass is 9.62. The smallest absolute Gasteiger partial charge is 0.327 e. The van der Waals surface area contributed by atoms with Crippen LogP contribution in [0, 0.1) is 22.7 Å². The minimum Gasteiger partial charge on any atom is -0.480 e. The fraction of sp³-hybridized carbons (Fsp3) is 0.800. The second-order valence-corrected chi connectivity index (χ2v) is 7.19. The molecule has 1 heterocycles. The SMILES string of the molecule is CC(C)C(C(=O)O)N1C(=O)C2CCC(C)(C1=O)C2(C)C. The Morgan fingerprint density at radius 1 is 1.30 bits per heavy atom. The highest BCUT2D eigenvalue weighted by molar-refractivity contribution is 6.06. The molecule has 1 saturated heterocycles. The lowest BCUT2D eigenvalue weighted by molar-refractivity contribution is -0.177. The molecule has 0 radical (unpaired) electrons. The standard InChI is InChI=1S/C15H23NO4/c1-8(2)10(12(18)19)16-11(17)9-6-7-15(5,13(16)20)14(9,3)4/h8-10H,6-7H2,1-5H3,(H,18,19). The van der Waals surface area contributed by atoms with Crippen LogP contribution < -0.4 is 0 Å². The van der Waals surface area contributed by atoms with Gasteiger partial charge in [-0.1, -0.05) is 34.6 Å². The van der Waals surface area contributed by atoms with Gasteiger partial charge in [-0.15, -0.1) is 0 Å². The minimum atomic E-state index is -1.11. The first kappa shape index (κ1) is 15.0. The van der Waals surface area contributed by atoms with Gasteiger partial charge >= 0.3 is 5.97 Å². The molecule has 5 nitrogen and oxygen atoms in total. The number of aliphatic carboxylic acids is 1. The molecule has 112 valence electrons. The van der Waals surface area contributed by atoms with Gasteiger partial charge in [-0.05, 0) is 24.2 Å². The zero-order valence-corrected chi connectivity index (χ0v) is 12.8. The van der Waals surface area contributed by atoms with E-state index in [9.17, 15) is 19.5 Å². The number of hydrogen-bond acceptors (Lipinski definition) is 3. The van der Waals surface area contributed by atoms with Crippen LogP contribution in [0.5, 0.6) is 0 Å². The summed E-state index contributed by atoms with van der Waals surface area (Å²) >= 11 is 0. The summed E-state index contributed by atoms with van der Waals surface area (Å²) < 4.78 is 0. The Labute approximate surface area is 119 Å². The van der Waals surface area contributed by atoms with Crippen molar-refractivity contribution in [3.63, 3.8) is 0 Å². The summed E-state index contributed by atoms with van der Waals surface area (Å²) in [5.41, 5.74) is -1.05. The fourth-order valence-corrected chi connectivity index (χ4v) is 3.81. The summed E-state index contributed by atoms with van der Waals surface area (Å²) in [6.45, 7) is 9.21. The molecule has 3 atom stereocenters. The molecule has 20 heavy (non-hydrogen) atoms. The van der Waals surface area contributed by atoms with Gasteiger partial charge in [0.2, 0.25) is 11.8 Å². The number of nitrogens with zero attached hydrogens (tertiary/aromatic N) is 1. The first-order chi connectivity index (χ1) is 9.05. The zero-order chi connectivity index (χ0) is 15.5. The van der Waals surface area contributed by atoms with E-state index >= 15 is 0 Å². The Morgan fingerprint density at radius 3 is 2.30 bits per heavy atom. The van der Waals surface area contributed by atoms with Gasteiger partial charge in [0.15, 0.2) is 0 Å². The summed E-state index contributed by atoms with van der Waals surface area (Å²) in [6, 6.07) is -1.06. The van der Waals surface area contributed by atoms with Gasteiger partial charge in [0.05, 0.1) is 5.41 Å². The lowest BCUT2D eigenvalue weighted by Crippen LogP contribution is -2.64. The maximum atomic E-state index is 12.8. The fourth-order valence-electron chi connectivity index (χ4n) is 3.81. The van der Waals surface area contributed by atoms with Crippen LogP contribution in [-0.4, -0.2) is 33.8 Å². The van der Waals surface area contributed by atoms with Crippen LogP contribution in [0.15, 0.2) is 0 Å². The molecule has 0 aromatic carbocycles. The van der Waals surface area contributed by atoms with Crippen molar-refractivity contribution in [3.05, 3.63) is 0 Å². The highest BCUT2D eigenvalue weighted by Crippen LogP contribution is 2.60. The van der Waals surface area contributed by atoms with E-state index in [1.807, 2.05) is 20.8 Å². The van der Waals surface area contributed by atoms with E-state index in [1.165, 1.54) is 0 Å². The topological polar surface area (TPSA) is 74.7 Å². The van der Waals surface area contributed by atoms with Crippen LogP contribution in [0.25, 0.3) is 0 Å². The highest BCUT2D eigenvalue weighted by atomic mass is 16.4. The Kier molecular flexibility index (Phi) is 3.23. The molecular weight excluding hydrogens is 258 g/mol. The molecule has 2 amide bonds. The molecule has 3 unspecified atom stereocenters. The van der Waals surface area contributed by atoms with Crippen LogP contribution >= 0.6 is 0 Å². The number of carboxylic acid groups (broad SMARTS) is 1. The third kappa shape index (κ3) is 1.64. The monoisotopic (exact) mass is 281 g/mol. The number of carboxylic acids is 1. The third-order valence-corrected chi connectivity index (χ3v) is 5.62. The normalized spacial score (nSPS) is 33.7. The van der Waals surface area contributed by atoms with Gasteiger partial charge in [0.1, 0.15) is 6.04 Å². The number of piperidine rings is 1. The molecule has 1 N–H and O–H groups in total. The van der Waals surface area contributed by atoms with Crippen molar-refractivity contribution in [3.8, 4) is 0 Å². The largest absolute Gasteiger partial charge is 0.480 e. The predicted molar refractivity (Wildman–Crippen MR) is 72.7 cm³/mol. The molecule has 2 bridgehead atoms. The number of amides is 2. The van der Waals surface area contributed by atoms with E-state index in [4.69, 9.17) is 0 Å². The molecule has 2 rings (SSSR count). The molecule has 1 aliphatic carbocycles. The first-order valence-electron chi connectivity index (χ1n) is 7.16. The number of rotatable bonds is 3. The highest BCUT2D eigenvalue weighted by Gasteiger charge is 2.65. The quantitative estimate of drug-likeness (QED) is 0.802. The van der Waals surface area contributed by atoms with Gasteiger partial charge in [-0.3, -0.25) is 14.5 Å². The van der Waals surface area contributed by atoms with Crippen LogP contribution in [-0.2, 0) is 14.4 Å². The van der Waals surface area contributed by atoms with Crippen LogP contribution in [0.4, 0.5) is 0 Å². The average molecular weight is 281 g/mol. The summed E-state index contributed by atoms with van der Waals surface area (Å²) in [7, 11) is 0. The van der Waals surface area contributed by atoms with E-state index in [2.05, 4.69) is 0 Å². The number of fused-ring (bicyclic) bond motifs is 2. The lowest BCUT2D eigenvalue weighted by Gasteiger charge is -2.49. The third-order valence-electron chi connectivity index (χ3n) is 5.62. The van der Waals surface area contributed by atoms with Crippen molar-refractivity contribution >= 4 is 17.8 Å². The average Bonchev–Trinajstić information content (AvgIpc) is 2.49. The molecule has 0 aromatic heterocycles. The van der Waals surface area contributed by atoms with Crippen molar-refractivity contribution in [2.24, 2.45) is 22.7 Å². The van der Waals surface area contributed by atoms with E-state index in [0.717, 1.165) is 4.90 Å². The molecule has 5 heteroatoms. The molecule has 1 aliphatic heterocycles. The van der Waals surface area contributed by atoms with Crippen LogP contribution in [0.1, 0.15) is 47.5 Å². The maximum Gasteiger partial charge on any atom is 0.327 e.